The third-order valence-electron chi connectivity index (χ3n) is 2.29. The number of anilines is 1. The number of nitrogens with one attached hydrogen (secondary N) is 1. The van der Waals surface area contributed by atoms with Crippen molar-refractivity contribution in [2.24, 2.45) is 7.05 Å². The van der Waals surface area contributed by atoms with E-state index in [1.807, 2.05) is 6.07 Å². The molecule has 0 radical (unpaired) electrons. The molecule has 0 aliphatic heterocycles. The molecule has 1 amide bonds. The van der Waals surface area contributed by atoms with Gasteiger partial charge in [0.2, 0.25) is 5.56 Å². The van der Waals surface area contributed by atoms with Gasteiger partial charge in [-0.25, -0.2) is 4.79 Å². The van der Waals surface area contributed by atoms with E-state index in [-0.39, 0.29) is 5.56 Å². The molecule has 0 aliphatic rings. The Morgan fingerprint density at radius 3 is 2.56 bits per heavy atom. The van der Waals surface area contributed by atoms with Crippen molar-refractivity contribution < 1.29 is 9.53 Å². The Morgan fingerprint density at radius 2 is 1.89 bits per heavy atom. The van der Waals surface area contributed by atoms with Gasteiger partial charge in [0.1, 0.15) is 5.75 Å². The van der Waals surface area contributed by atoms with Crippen molar-refractivity contribution in [1.82, 2.24) is 4.57 Å². The van der Waals surface area contributed by atoms with Crippen LogP contribution in [-0.4, -0.2) is 10.7 Å². The molecule has 0 bridgehead atoms. The second kappa shape index (κ2) is 5.18. The molecule has 0 saturated heterocycles. The van der Waals surface area contributed by atoms with E-state index in [0.717, 1.165) is 0 Å². The van der Waals surface area contributed by atoms with Gasteiger partial charge in [0, 0.05) is 19.3 Å². The van der Waals surface area contributed by atoms with Crippen LogP contribution in [0.15, 0.2) is 53.5 Å². The van der Waals surface area contributed by atoms with Crippen LogP contribution in [-0.2, 0) is 7.05 Å². The second-order valence-electron chi connectivity index (χ2n) is 3.69. The number of aromatic nitrogens is 1. The van der Waals surface area contributed by atoms with Gasteiger partial charge < -0.3 is 9.30 Å². The molecule has 0 aliphatic carbocycles. The topological polar surface area (TPSA) is 60.3 Å². The summed E-state index contributed by atoms with van der Waals surface area (Å²) in [5.74, 6) is 0.458. The van der Waals surface area contributed by atoms with Crippen molar-refractivity contribution in [1.29, 1.82) is 0 Å². The summed E-state index contributed by atoms with van der Waals surface area (Å²) in [4.78, 5) is 22.7. The summed E-state index contributed by atoms with van der Waals surface area (Å²) in [5, 5.41) is 2.54. The molecule has 92 valence electrons. The molecule has 5 heteroatoms. The number of benzene rings is 1. The Hall–Kier alpha value is -2.56. The first-order valence-electron chi connectivity index (χ1n) is 5.36. The van der Waals surface area contributed by atoms with Crippen LogP contribution < -0.4 is 15.6 Å². The number of hydrogen-bond donors (Lipinski definition) is 1. The lowest BCUT2D eigenvalue weighted by molar-refractivity contribution is 0.215. The highest BCUT2D eigenvalue weighted by Gasteiger charge is 2.05. The van der Waals surface area contributed by atoms with Crippen LogP contribution in [0.3, 0.4) is 0 Å². The van der Waals surface area contributed by atoms with Gasteiger partial charge in [-0.1, -0.05) is 18.2 Å². The highest BCUT2D eigenvalue weighted by atomic mass is 16.6. The maximum Gasteiger partial charge on any atom is 0.417 e. The third kappa shape index (κ3) is 2.98. The first-order chi connectivity index (χ1) is 8.65. The maximum absolute atomic E-state index is 11.6. The minimum Gasteiger partial charge on any atom is -0.410 e. The number of ether oxygens (including phenoxy) is 1. The average molecular weight is 244 g/mol. The van der Waals surface area contributed by atoms with Gasteiger partial charge in [-0.15, -0.1) is 0 Å². The van der Waals surface area contributed by atoms with Crippen molar-refractivity contribution in [3.63, 3.8) is 0 Å². The summed E-state index contributed by atoms with van der Waals surface area (Å²) in [5.41, 5.74) is 0.356. The molecule has 0 saturated carbocycles. The Labute approximate surface area is 104 Å². The van der Waals surface area contributed by atoms with Crippen molar-refractivity contribution in [2.75, 3.05) is 5.32 Å². The van der Waals surface area contributed by atoms with Crippen molar-refractivity contribution in [2.45, 2.75) is 0 Å². The van der Waals surface area contributed by atoms with Crippen LogP contribution >= 0.6 is 0 Å². The fraction of sp³-hybridized carbons (Fsp3) is 0.0769. The smallest absolute Gasteiger partial charge is 0.410 e. The van der Waals surface area contributed by atoms with E-state index < -0.39 is 6.09 Å². The number of nitrogens with zero attached hydrogens (tertiary/aromatic N) is 1. The number of carbonyl (C=O) groups excluding carboxylic acids is 1. The number of para-hydroxylation sites is 1. The van der Waals surface area contributed by atoms with Gasteiger partial charge in [-0.3, -0.25) is 10.1 Å². The molecule has 0 atom stereocenters. The van der Waals surface area contributed by atoms with Crippen LogP contribution in [0.2, 0.25) is 0 Å². The minimum absolute atomic E-state index is 0.142. The van der Waals surface area contributed by atoms with Crippen molar-refractivity contribution in [3.8, 4) is 5.75 Å². The van der Waals surface area contributed by atoms with Gasteiger partial charge >= 0.3 is 6.09 Å². The lowest BCUT2D eigenvalue weighted by Gasteiger charge is -2.07. The number of hydrogen-bond acceptors (Lipinski definition) is 3. The largest absolute Gasteiger partial charge is 0.417 e. The zero-order valence-corrected chi connectivity index (χ0v) is 9.79. The van der Waals surface area contributed by atoms with E-state index in [1.165, 1.54) is 22.9 Å². The van der Waals surface area contributed by atoms with E-state index in [2.05, 4.69) is 5.32 Å². The fourth-order valence-electron chi connectivity index (χ4n) is 1.41. The number of amides is 1. The summed E-state index contributed by atoms with van der Waals surface area (Å²) in [6, 6.07) is 11.6. The predicted octanol–water partition coefficient (Wildman–Crippen LogP) is 2.00. The molecule has 2 rings (SSSR count). The molecule has 0 fully saturated rings. The third-order valence-corrected chi connectivity index (χ3v) is 2.29. The average Bonchev–Trinajstić information content (AvgIpc) is 2.35. The summed E-state index contributed by atoms with van der Waals surface area (Å²) in [7, 11) is 1.61. The van der Waals surface area contributed by atoms with E-state index in [1.54, 1.807) is 31.3 Å². The highest BCUT2D eigenvalue weighted by molar-refractivity contribution is 5.85. The number of carbonyl (C=O) groups is 1. The first kappa shape index (κ1) is 11.9. The standard InChI is InChI=1S/C13H12N2O3/c1-15-9-10(7-8-12(15)16)14-13(17)18-11-5-3-2-4-6-11/h2-9H,1H3,(H,14,17). The highest BCUT2D eigenvalue weighted by Crippen LogP contribution is 2.10. The monoisotopic (exact) mass is 244 g/mol. The van der Waals surface area contributed by atoms with Gasteiger partial charge in [0.15, 0.2) is 0 Å². The summed E-state index contributed by atoms with van der Waals surface area (Å²) in [6.45, 7) is 0. The van der Waals surface area contributed by atoms with Crippen LogP contribution in [0, 0.1) is 0 Å². The van der Waals surface area contributed by atoms with Crippen LogP contribution in [0.5, 0.6) is 5.75 Å². The molecule has 18 heavy (non-hydrogen) atoms. The minimum atomic E-state index is -0.597. The quantitative estimate of drug-likeness (QED) is 0.878. The molecular weight excluding hydrogens is 232 g/mol. The predicted molar refractivity (Wildman–Crippen MR) is 67.8 cm³/mol. The van der Waals surface area contributed by atoms with Gasteiger partial charge in [-0.2, -0.15) is 0 Å². The van der Waals surface area contributed by atoms with Gasteiger partial charge in [0.05, 0.1) is 5.69 Å². The molecule has 1 aromatic heterocycles. The molecule has 5 nitrogen and oxygen atoms in total. The molecule has 1 N–H and O–H groups in total. The molecule has 1 heterocycles. The molecule has 0 spiro atoms. The summed E-state index contributed by atoms with van der Waals surface area (Å²) in [6.07, 6.45) is 0.925. The molecule has 0 unspecified atom stereocenters. The van der Waals surface area contributed by atoms with E-state index in [0.29, 0.717) is 11.4 Å². The van der Waals surface area contributed by atoms with Crippen molar-refractivity contribution in [3.05, 3.63) is 59.0 Å². The van der Waals surface area contributed by atoms with E-state index in [9.17, 15) is 9.59 Å². The number of aryl methyl sites for hydroxylation is 1. The molecule has 1 aromatic carbocycles. The summed E-state index contributed by atoms with van der Waals surface area (Å²) >= 11 is 0. The SMILES string of the molecule is Cn1cc(NC(=O)Oc2ccccc2)ccc1=O. The zero-order chi connectivity index (χ0) is 13.0. The van der Waals surface area contributed by atoms with Crippen LogP contribution in [0.4, 0.5) is 10.5 Å². The number of pyridine rings is 1. The van der Waals surface area contributed by atoms with Gasteiger partial charge in [0.25, 0.3) is 0 Å². The Balaban J connectivity index is 2.03. The zero-order valence-electron chi connectivity index (χ0n) is 9.79. The summed E-state index contributed by atoms with van der Waals surface area (Å²) < 4.78 is 6.42. The Bertz CT molecular complexity index is 605. The maximum atomic E-state index is 11.6. The van der Waals surface area contributed by atoms with Crippen molar-refractivity contribution >= 4 is 11.8 Å². The Kier molecular flexibility index (Phi) is 3.43. The fourth-order valence-corrected chi connectivity index (χ4v) is 1.41. The molecular formula is C13H12N2O3. The first-order valence-corrected chi connectivity index (χ1v) is 5.36. The van der Waals surface area contributed by atoms with E-state index in [4.69, 9.17) is 4.74 Å². The van der Waals surface area contributed by atoms with Gasteiger partial charge in [-0.05, 0) is 18.2 Å². The number of rotatable bonds is 2. The lowest BCUT2D eigenvalue weighted by atomic mass is 10.3. The van der Waals surface area contributed by atoms with E-state index >= 15 is 0 Å². The molecule has 2 aromatic rings. The van der Waals surface area contributed by atoms with Crippen LogP contribution in [0.1, 0.15) is 0 Å². The normalized spacial score (nSPS) is 9.83. The van der Waals surface area contributed by atoms with Crippen LogP contribution in [0.25, 0.3) is 0 Å². The Morgan fingerprint density at radius 1 is 1.17 bits per heavy atom. The second-order valence-corrected chi connectivity index (χ2v) is 3.69. The lowest BCUT2D eigenvalue weighted by Crippen LogP contribution is -2.20.